The minimum atomic E-state index is 0.165. The number of hydrogen-bond donors (Lipinski definition) is 2. The molecule has 0 amide bonds. The van der Waals surface area contributed by atoms with Crippen molar-refractivity contribution in [2.75, 3.05) is 0 Å². The second kappa shape index (κ2) is 3.38. The SMILES string of the molecule is Cc1nc2ncc(CC(C)N)cc2[nH]1. The predicted molar refractivity (Wildman–Crippen MR) is 56.0 cm³/mol. The summed E-state index contributed by atoms with van der Waals surface area (Å²) < 4.78 is 0. The van der Waals surface area contributed by atoms with Gasteiger partial charge in [-0.1, -0.05) is 0 Å². The van der Waals surface area contributed by atoms with Crippen LogP contribution in [-0.2, 0) is 6.42 Å². The Morgan fingerprint density at radius 1 is 1.57 bits per heavy atom. The number of hydrogen-bond acceptors (Lipinski definition) is 3. The van der Waals surface area contributed by atoms with Crippen LogP contribution in [0.5, 0.6) is 0 Å². The Kier molecular flexibility index (Phi) is 2.21. The molecular formula is C10H14N4. The molecule has 0 saturated heterocycles. The average Bonchev–Trinajstić information content (AvgIpc) is 2.42. The first-order valence-corrected chi connectivity index (χ1v) is 4.72. The predicted octanol–water partition coefficient (Wildman–Crippen LogP) is 1.16. The Morgan fingerprint density at radius 3 is 3.07 bits per heavy atom. The van der Waals surface area contributed by atoms with Crippen molar-refractivity contribution < 1.29 is 0 Å². The lowest BCUT2D eigenvalue weighted by atomic mass is 10.1. The molecule has 0 aliphatic rings. The first-order valence-electron chi connectivity index (χ1n) is 4.72. The van der Waals surface area contributed by atoms with Gasteiger partial charge in [-0.2, -0.15) is 0 Å². The summed E-state index contributed by atoms with van der Waals surface area (Å²) in [5, 5.41) is 0. The van der Waals surface area contributed by atoms with Crippen LogP contribution >= 0.6 is 0 Å². The second-order valence-electron chi connectivity index (χ2n) is 3.72. The van der Waals surface area contributed by atoms with E-state index in [1.54, 1.807) is 0 Å². The third kappa shape index (κ3) is 1.75. The fourth-order valence-electron chi connectivity index (χ4n) is 1.55. The normalized spacial score (nSPS) is 13.4. The van der Waals surface area contributed by atoms with Crippen LogP contribution in [0.2, 0.25) is 0 Å². The Balaban J connectivity index is 2.40. The van der Waals surface area contributed by atoms with Gasteiger partial charge in [-0.3, -0.25) is 0 Å². The number of pyridine rings is 1. The molecule has 74 valence electrons. The van der Waals surface area contributed by atoms with Gasteiger partial charge in [0.15, 0.2) is 5.65 Å². The molecule has 4 nitrogen and oxygen atoms in total. The Labute approximate surface area is 82.6 Å². The number of fused-ring (bicyclic) bond motifs is 1. The molecule has 0 aliphatic carbocycles. The first kappa shape index (κ1) is 9.15. The summed E-state index contributed by atoms with van der Waals surface area (Å²) in [7, 11) is 0. The highest BCUT2D eigenvalue weighted by Gasteiger charge is 2.03. The van der Waals surface area contributed by atoms with Gasteiger partial charge in [0, 0.05) is 12.2 Å². The van der Waals surface area contributed by atoms with Crippen LogP contribution in [-0.4, -0.2) is 21.0 Å². The Morgan fingerprint density at radius 2 is 2.36 bits per heavy atom. The van der Waals surface area contributed by atoms with Gasteiger partial charge < -0.3 is 10.7 Å². The zero-order chi connectivity index (χ0) is 10.1. The zero-order valence-corrected chi connectivity index (χ0v) is 8.41. The third-order valence-corrected chi connectivity index (χ3v) is 2.07. The van der Waals surface area contributed by atoms with E-state index in [1.165, 1.54) is 0 Å². The molecule has 0 aliphatic heterocycles. The quantitative estimate of drug-likeness (QED) is 0.746. The molecule has 4 heteroatoms. The standard InChI is InChI=1S/C10H14N4/c1-6(11)3-8-4-9-10(12-5-8)14-7(2)13-9/h4-6H,3,11H2,1-2H3,(H,12,13,14). The summed E-state index contributed by atoms with van der Waals surface area (Å²) in [6.45, 7) is 3.91. The van der Waals surface area contributed by atoms with Crippen LogP contribution < -0.4 is 5.73 Å². The van der Waals surface area contributed by atoms with E-state index in [1.807, 2.05) is 20.0 Å². The summed E-state index contributed by atoms with van der Waals surface area (Å²) in [6, 6.07) is 2.23. The van der Waals surface area contributed by atoms with Gasteiger partial charge in [-0.15, -0.1) is 0 Å². The van der Waals surface area contributed by atoms with Crippen molar-refractivity contribution in [3.05, 3.63) is 23.7 Å². The van der Waals surface area contributed by atoms with Crippen LogP contribution in [0.4, 0.5) is 0 Å². The van der Waals surface area contributed by atoms with Gasteiger partial charge in [0.25, 0.3) is 0 Å². The van der Waals surface area contributed by atoms with E-state index in [4.69, 9.17) is 5.73 Å². The molecule has 1 unspecified atom stereocenters. The van der Waals surface area contributed by atoms with Crippen molar-refractivity contribution in [2.45, 2.75) is 26.3 Å². The number of aromatic nitrogens is 3. The highest BCUT2D eigenvalue weighted by atomic mass is 15.0. The van der Waals surface area contributed by atoms with E-state index in [0.717, 1.165) is 29.0 Å². The highest BCUT2D eigenvalue weighted by Crippen LogP contribution is 2.11. The molecule has 2 aromatic heterocycles. The third-order valence-electron chi connectivity index (χ3n) is 2.07. The maximum absolute atomic E-state index is 5.72. The first-order chi connectivity index (χ1) is 6.65. The summed E-state index contributed by atoms with van der Waals surface area (Å²) in [6.07, 6.45) is 2.69. The molecule has 2 aromatic rings. The van der Waals surface area contributed by atoms with Crippen LogP contribution in [0.25, 0.3) is 11.2 Å². The molecule has 2 heterocycles. The highest BCUT2D eigenvalue weighted by molar-refractivity contribution is 5.70. The van der Waals surface area contributed by atoms with Crippen LogP contribution in [0.3, 0.4) is 0 Å². The van der Waals surface area contributed by atoms with Gasteiger partial charge in [-0.25, -0.2) is 9.97 Å². The molecule has 3 N–H and O–H groups in total. The van der Waals surface area contributed by atoms with Crippen molar-refractivity contribution in [2.24, 2.45) is 5.73 Å². The monoisotopic (exact) mass is 190 g/mol. The van der Waals surface area contributed by atoms with E-state index in [-0.39, 0.29) is 6.04 Å². The van der Waals surface area contributed by atoms with Crippen LogP contribution in [0, 0.1) is 6.92 Å². The fraction of sp³-hybridized carbons (Fsp3) is 0.400. The molecule has 1 atom stereocenters. The van der Waals surface area contributed by atoms with E-state index in [0.29, 0.717) is 0 Å². The molecule has 2 rings (SSSR count). The molecule has 0 saturated carbocycles. The molecule has 14 heavy (non-hydrogen) atoms. The maximum Gasteiger partial charge on any atom is 0.177 e. The van der Waals surface area contributed by atoms with Crippen molar-refractivity contribution in [3.63, 3.8) is 0 Å². The molecule has 0 aromatic carbocycles. The van der Waals surface area contributed by atoms with Crippen molar-refractivity contribution >= 4 is 11.2 Å². The minimum absolute atomic E-state index is 0.165. The van der Waals surface area contributed by atoms with Crippen molar-refractivity contribution in [1.29, 1.82) is 0 Å². The summed E-state index contributed by atoms with van der Waals surface area (Å²) >= 11 is 0. The number of aromatic amines is 1. The number of nitrogens with two attached hydrogens (primary N) is 1. The zero-order valence-electron chi connectivity index (χ0n) is 8.41. The lowest BCUT2D eigenvalue weighted by Gasteiger charge is -2.03. The average molecular weight is 190 g/mol. The number of imidazole rings is 1. The number of rotatable bonds is 2. The fourth-order valence-corrected chi connectivity index (χ4v) is 1.55. The van der Waals surface area contributed by atoms with E-state index >= 15 is 0 Å². The molecule has 0 fully saturated rings. The molecule has 0 bridgehead atoms. The van der Waals surface area contributed by atoms with Crippen LogP contribution in [0.1, 0.15) is 18.3 Å². The lowest BCUT2D eigenvalue weighted by molar-refractivity contribution is 0.736. The number of nitrogens with zero attached hydrogens (tertiary/aromatic N) is 2. The second-order valence-corrected chi connectivity index (χ2v) is 3.72. The Hall–Kier alpha value is -1.42. The van der Waals surface area contributed by atoms with Crippen molar-refractivity contribution in [3.8, 4) is 0 Å². The van der Waals surface area contributed by atoms with Gasteiger partial charge in [0.2, 0.25) is 0 Å². The molecule has 0 radical (unpaired) electrons. The molecule has 0 spiro atoms. The number of H-pyrrole nitrogens is 1. The number of nitrogens with one attached hydrogen (secondary N) is 1. The van der Waals surface area contributed by atoms with Gasteiger partial charge in [-0.05, 0) is 31.9 Å². The van der Waals surface area contributed by atoms with E-state index in [2.05, 4.69) is 21.0 Å². The largest absolute Gasteiger partial charge is 0.341 e. The van der Waals surface area contributed by atoms with Gasteiger partial charge in [0.1, 0.15) is 5.82 Å². The van der Waals surface area contributed by atoms with E-state index < -0.39 is 0 Å². The van der Waals surface area contributed by atoms with Crippen molar-refractivity contribution in [1.82, 2.24) is 15.0 Å². The summed E-state index contributed by atoms with van der Waals surface area (Å²) in [5.41, 5.74) is 8.63. The topological polar surface area (TPSA) is 67.6 Å². The van der Waals surface area contributed by atoms with Gasteiger partial charge in [0.05, 0.1) is 5.52 Å². The van der Waals surface area contributed by atoms with Crippen LogP contribution in [0.15, 0.2) is 12.3 Å². The summed E-state index contributed by atoms with van der Waals surface area (Å²) in [5.74, 6) is 0.894. The summed E-state index contributed by atoms with van der Waals surface area (Å²) in [4.78, 5) is 11.7. The lowest BCUT2D eigenvalue weighted by Crippen LogP contribution is -2.17. The number of aryl methyl sites for hydroxylation is 1. The maximum atomic E-state index is 5.72. The Bertz CT molecular complexity index is 444. The minimum Gasteiger partial charge on any atom is -0.341 e. The van der Waals surface area contributed by atoms with Gasteiger partial charge >= 0.3 is 0 Å². The smallest absolute Gasteiger partial charge is 0.177 e. The molecular weight excluding hydrogens is 176 g/mol. The van der Waals surface area contributed by atoms with E-state index in [9.17, 15) is 0 Å².